The fraction of sp³-hybridized carbons (Fsp3) is 0.375. The van der Waals surface area contributed by atoms with E-state index in [0.29, 0.717) is 0 Å². The van der Waals surface area contributed by atoms with Crippen molar-refractivity contribution in [1.29, 1.82) is 0 Å². The lowest BCUT2D eigenvalue weighted by molar-refractivity contribution is 0.198. The van der Waals surface area contributed by atoms with Crippen LogP contribution >= 0.6 is 0 Å². The molecule has 2 aromatic rings. The van der Waals surface area contributed by atoms with Gasteiger partial charge in [0.2, 0.25) is 0 Å². The van der Waals surface area contributed by atoms with Gasteiger partial charge in [0.1, 0.15) is 18.0 Å². The van der Waals surface area contributed by atoms with Crippen molar-refractivity contribution in [1.82, 2.24) is 9.97 Å². The molecule has 2 N–H and O–H groups in total. The van der Waals surface area contributed by atoms with Crippen molar-refractivity contribution in [2.45, 2.75) is 20.3 Å². The Balaban J connectivity index is 2.00. The monoisotopic (exact) mass is 286 g/mol. The van der Waals surface area contributed by atoms with Gasteiger partial charge >= 0.3 is 0 Å². The number of nitrogens with one attached hydrogen (secondary N) is 2. The van der Waals surface area contributed by atoms with Gasteiger partial charge in [-0.25, -0.2) is 9.97 Å². The van der Waals surface area contributed by atoms with Gasteiger partial charge in [0, 0.05) is 32.0 Å². The van der Waals surface area contributed by atoms with Gasteiger partial charge in [0.25, 0.3) is 0 Å². The highest BCUT2D eigenvalue weighted by molar-refractivity contribution is 5.62. The number of anilines is 3. The first-order valence-corrected chi connectivity index (χ1v) is 7.08. The predicted molar refractivity (Wildman–Crippen MR) is 86.2 cm³/mol. The molecule has 0 spiro atoms. The number of nitrogens with zero attached hydrogens (tertiary/aromatic N) is 2. The molecular weight excluding hydrogens is 264 g/mol. The number of benzene rings is 1. The molecule has 0 amide bonds. The maximum Gasteiger partial charge on any atom is 0.135 e. The lowest BCUT2D eigenvalue weighted by Crippen LogP contribution is -2.07. The maximum atomic E-state index is 5.02. The molecule has 21 heavy (non-hydrogen) atoms. The third kappa shape index (κ3) is 4.72. The minimum Gasteiger partial charge on any atom is -0.385 e. The Kier molecular flexibility index (Phi) is 5.51. The summed E-state index contributed by atoms with van der Waals surface area (Å²) in [5.74, 6) is 1.60. The van der Waals surface area contributed by atoms with Gasteiger partial charge in [0.05, 0.1) is 0 Å². The van der Waals surface area contributed by atoms with Crippen LogP contribution in [0.2, 0.25) is 0 Å². The van der Waals surface area contributed by atoms with Crippen LogP contribution in [0.1, 0.15) is 17.5 Å². The normalized spacial score (nSPS) is 10.4. The minimum atomic E-state index is 0.742. The number of methoxy groups -OCH3 is 1. The lowest BCUT2D eigenvalue weighted by atomic mass is 10.1. The van der Waals surface area contributed by atoms with Crippen LogP contribution in [0.25, 0.3) is 0 Å². The van der Waals surface area contributed by atoms with Crippen LogP contribution in [0.15, 0.2) is 30.6 Å². The van der Waals surface area contributed by atoms with E-state index in [0.717, 1.165) is 36.9 Å². The Morgan fingerprint density at radius 3 is 2.67 bits per heavy atom. The fourth-order valence-electron chi connectivity index (χ4n) is 2.05. The van der Waals surface area contributed by atoms with E-state index >= 15 is 0 Å². The smallest absolute Gasteiger partial charge is 0.135 e. The zero-order chi connectivity index (χ0) is 15.1. The second-order valence-electron chi connectivity index (χ2n) is 5.00. The van der Waals surface area contributed by atoms with E-state index in [4.69, 9.17) is 4.74 Å². The minimum absolute atomic E-state index is 0.742. The molecule has 0 aliphatic carbocycles. The molecule has 0 aliphatic rings. The quantitative estimate of drug-likeness (QED) is 0.765. The summed E-state index contributed by atoms with van der Waals surface area (Å²) in [6.45, 7) is 5.74. The van der Waals surface area contributed by atoms with Crippen LogP contribution in [0.5, 0.6) is 0 Å². The summed E-state index contributed by atoms with van der Waals surface area (Å²) in [7, 11) is 1.70. The highest BCUT2D eigenvalue weighted by Gasteiger charge is 2.02. The van der Waals surface area contributed by atoms with E-state index in [2.05, 4.69) is 52.6 Å². The number of hydrogen-bond donors (Lipinski definition) is 2. The van der Waals surface area contributed by atoms with E-state index < -0.39 is 0 Å². The number of aryl methyl sites for hydroxylation is 2. The zero-order valence-electron chi connectivity index (χ0n) is 12.8. The van der Waals surface area contributed by atoms with E-state index in [9.17, 15) is 0 Å². The third-order valence-electron chi connectivity index (χ3n) is 3.14. The zero-order valence-corrected chi connectivity index (χ0v) is 12.8. The van der Waals surface area contributed by atoms with Crippen LogP contribution in [0.3, 0.4) is 0 Å². The molecule has 0 bridgehead atoms. The number of ether oxygens (including phenoxy) is 1. The Morgan fingerprint density at radius 1 is 1.10 bits per heavy atom. The number of aromatic nitrogens is 2. The average molecular weight is 286 g/mol. The van der Waals surface area contributed by atoms with Crippen LogP contribution < -0.4 is 10.6 Å². The van der Waals surface area contributed by atoms with Crippen molar-refractivity contribution in [3.63, 3.8) is 0 Å². The number of hydrogen-bond acceptors (Lipinski definition) is 5. The van der Waals surface area contributed by atoms with Gasteiger partial charge in [0.15, 0.2) is 0 Å². The van der Waals surface area contributed by atoms with Crippen molar-refractivity contribution in [2.24, 2.45) is 0 Å². The standard InChI is InChI=1S/C16H22N4O/c1-12-5-6-14(13(2)9-12)20-16-10-15(18-11-19-16)17-7-4-8-21-3/h5-6,9-11H,4,7-8H2,1-3H3,(H2,17,18,19,20). The first kappa shape index (κ1) is 15.3. The van der Waals surface area contributed by atoms with Crippen LogP contribution in [0.4, 0.5) is 17.3 Å². The second-order valence-corrected chi connectivity index (χ2v) is 5.00. The molecule has 1 aromatic carbocycles. The molecule has 1 heterocycles. The van der Waals surface area contributed by atoms with Crippen molar-refractivity contribution >= 4 is 17.3 Å². The van der Waals surface area contributed by atoms with E-state index in [-0.39, 0.29) is 0 Å². The largest absolute Gasteiger partial charge is 0.385 e. The molecule has 0 saturated carbocycles. The van der Waals surface area contributed by atoms with Gasteiger partial charge in [-0.15, -0.1) is 0 Å². The summed E-state index contributed by atoms with van der Waals surface area (Å²) in [6, 6.07) is 8.21. The molecule has 0 radical (unpaired) electrons. The van der Waals surface area contributed by atoms with Gasteiger partial charge in [-0.05, 0) is 31.9 Å². The first-order valence-electron chi connectivity index (χ1n) is 7.08. The van der Waals surface area contributed by atoms with E-state index in [1.807, 2.05) is 6.07 Å². The molecule has 0 unspecified atom stereocenters. The van der Waals surface area contributed by atoms with Crippen molar-refractivity contribution in [3.8, 4) is 0 Å². The van der Waals surface area contributed by atoms with E-state index in [1.54, 1.807) is 13.4 Å². The molecule has 2 rings (SSSR count). The van der Waals surface area contributed by atoms with Crippen molar-refractivity contribution in [2.75, 3.05) is 30.9 Å². The molecule has 0 aliphatic heterocycles. The molecule has 0 saturated heterocycles. The first-order chi connectivity index (χ1) is 10.2. The predicted octanol–water partition coefficient (Wildman–Crippen LogP) is 3.29. The highest BCUT2D eigenvalue weighted by Crippen LogP contribution is 2.21. The van der Waals surface area contributed by atoms with Gasteiger partial charge in [-0.1, -0.05) is 17.7 Å². The van der Waals surface area contributed by atoms with Crippen LogP contribution in [-0.4, -0.2) is 30.2 Å². The Labute approximate surface area is 125 Å². The molecule has 1 aromatic heterocycles. The SMILES string of the molecule is COCCCNc1cc(Nc2ccc(C)cc2C)ncn1. The molecule has 5 nitrogen and oxygen atoms in total. The third-order valence-corrected chi connectivity index (χ3v) is 3.14. The summed E-state index contributed by atoms with van der Waals surface area (Å²) < 4.78 is 5.02. The molecule has 0 fully saturated rings. The molecular formula is C16H22N4O. The number of rotatable bonds is 7. The fourth-order valence-corrected chi connectivity index (χ4v) is 2.05. The van der Waals surface area contributed by atoms with Gasteiger partial charge in [-0.2, -0.15) is 0 Å². The molecule has 5 heteroatoms. The Morgan fingerprint density at radius 2 is 1.90 bits per heavy atom. The summed E-state index contributed by atoms with van der Waals surface area (Å²) in [5.41, 5.74) is 3.51. The van der Waals surface area contributed by atoms with Crippen LogP contribution in [0, 0.1) is 13.8 Å². The van der Waals surface area contributed by atoms with Crippen LogP contribution in [-0.2, 0) is 4.74 Å². The van der Waals surface area contributed by atoms with E-state index in [1.165, 1.54) is 11.1 Å². The topological polar surface area (TPSA) is 59.1 Å². The maximum absolute atomic E-state index is 5.02. The molecule has 0 atom stereocenters. The second kappa shape index (κ2) is 7.59. The Hall–Kier alpha value is -2.14. The van der Waals surface area contributed by atoms with Gasteiger partial charge < -0.3 is 15.4 Å². The molecule has 112 valence electrons. The summed E-state index contributed by atoms with van der Waals surface area (Å²) in [4.78, 5) is 8.47. The summed E-state index contributed by atoms with van der Waals surface area (Å²) >= 11 is 0. The van der Waals surface area contributed by atoms with Crippen molar-refractivity contribution < 1.29 is 4.74 Å². The highest BCUT2D eigenvalue weighted by atomic mass is 16.5. The van der Waals surface area contributed by atoms with Gasteiger partial charge in [-0.3, -0.25) is 0 Å². The Bertz CT molecular complexity index is 586. The summed E-state index contributed by atoms with van der Waals surface area (Å²) in [6.07, 6.45) is 2.50. The van der Waals surface area contributed by atoms with Crippen molar-refractivity contribution in [3.05, 3.63) is 41.7 Å². The summed E-state index contributed by atoms with van der Waals surface area (Å²) in [5, 5.41) is 6.58. The lowest BCUT2D eigenvalue weighted by Gasteiger charge is -2.11. The average Bonchev–Trinajstić information content (AvgIpc) is 2.47.